The van der Waals surface area contributed by atoms with Crippen LogP contribution in [0.1, 0.15) is 17.8 Å². The summed E-state index contributed by atoms with van der Waals surface area (Å²) in [6.45, 7) is 3.87. The number of nitrogens with zero attached hydrogens (tertiary/aromatic N) is 3. The van der Waals surface area contributed by atoms with E-state index < -0.39 is 0 Å². The van der Waals surface area contributed by atoms with Crippen molar-refractivity contribution in [2.24, 2.45) is 0 Å². The molecule has 3 rings (SSSR count). The number of aryl methyl sites for hydroxylation is 1. The lowest BCUT2D eigenvalue weighted by atomic mass is 10.3. The van der Waals surface area contributed by atoms with E-state index in [9.17, 15) is 4.79 Å². The standard InChI is InChI=1S/C14H15N5OS/c1-9-3-4-12(21-9)11-7-13(18-17-11)16-14(20)10(2)19-6-5-15-8-19/h3-8,10H,1-2H3,(H2,16,17,18,20). The lowest BCUT2D eigenvalue weighted by molar-refractivity contribution is -0.118. The highest BCUT2D eigenvalue weighted by Gasteiger charge is 2.16. The van der Waals surface area contributed by atoms with Crippen molar-refractivity contribution in [3.05, 3.63) is 41.8 Å². The molecular weight excluding hydrogens is 286 g/mol. The summed E-state index contributed by atoms with van der Waals surface area (Å²) >= 11 is 1.68. The Morgan fingerprint density at radius 1 is 1.48 bits per heavy atom. The minimum atomic E-state index is -0.336. The van der Waals surface area contributed by atoms with E-state index >= 15 is 0 Å². The number of amides is 1. The third kappa shape index (κ3) is 2.87. The topological polar surface area (TPSA) is 75.6 Å². The predicted octanol–water partition coefficient (Wildman–Crippen LogP) is 2.84. The Morgan fingerprint density at radius 3 is 3.00 bits per heavy atom. The molecule has 0 aromatic carbocycles. The van der Waals surface area contributed by atoms with E-state index in [-0.39, 0.29) is 11.9 Å². The van der Waals surface area contributed by atoms with E-state index in [0.29, 0.717) is 5.82 Å². The van der Waals surface area contributed by atoms with Crippen molar-refractivity contribution < 1.29 is 4.79 Å². The maximum Gasteiger partial charge on any atom is 0.248 e. The summed E-state index contributed by atoms with van der Waals surface area (Å²) in [7, 11) is 0. The molecule has 7 heteroatoms. The van der Waals surface area contributed by atoms with Crippen molar-refractivity contribution in [3.8, 4) is 10.6 Å². The first-order valence-corrected chi connectivity index (χ1v) is 7.35. The average molecular weight is 301 g/mol. The minimum absolute atomic E-state index is 0.131. The summed E-state index contributed by atoms with van der Waals surface area (Å²) in [5.74, 6) is 0.390. The van der Waals surface area contributed by atoms with Crippen LogP contribution < -0.4 is 5.32 Å². The molecule has 0 saturated heterocycles. The summed E-state index contributed by atoms with van der Waals surface area (Å²) in [6, 6.07) is 5.59. The molecule has 1 atom stereocenters. The summed E-state index contributed by atoms with van der Waals surface area (Å²) in [5, 5.41) is 9.87. The summed E-state index contributed by atoms with van der Waals surface area (Å²) in [6.07, 6.45) is 5.03. The molecule has 1 amide bonds. The number of aromatic nitrogens is 4. The first-order chi connectivity index (χ1) is 10.1. The van der Waals surface area contributed by atoms with Crippen molar-refractivity contribution in [2.45, 2.75) is 19.9 Å². The molecule has 2 N–H and O–H groups in total. The number of anilines is 1. The molecule has 1 unspecified atom stereocenters. The van der Waals surface area contributed by atoms with E-state index in [1.165, 1.54) is 4.88 Å². The van der Waals surface area contributed by atoms with E-state index in [1.807, 2.05) is 19.1 Å². The Bertz CT molecular complexity index is 743. The van der Waals surface area contributed by atoms with Crippen molar-refractivity contribution in [2.75, 3.05) is 5.32 Å². The van der Waals surface area contributed by atoms with Crippen LogP contribution in [0.2, 0.25) is 0 Å². The van der Waals surface area contributed by atoms with Gasteiger partial charge in [-0.1, -0.05) is 0 Å². The largest absolute Gasteiger partial charge is 0.325 e. The zero-order valence-electron chi connectivity index (χ0n) is 11.7. The number of carbonyl (C=O) groups is 1. The molecular formula is C14H15N5OS. The fraction of sp³-hybridized carbons (Fsp3) is 0.214. The van der Waals surface area contributed by atoms with Gasteiger partial charge in [0.1, 0.15) is 6.04 Å². The third-order valence-electron chi connectivity index (χ3n) is 3.19. The molecule has 3 aromatic heterocycles. The Hall–Kier alpha value is -2.41. The zero-order chi connectivity index (χ0) is 14.8. The fourth-order valence-electron chi connectivity index (χ4n) is 1.96. The van der Waals surface area contributed by atoms with Crippen LogP contribution in [0.3, 0.4) is 0 Å². The zero-order valence-corrected chi connectivity index (χ0v) is 12.5. The first-order valence-electron chi connectivity index (χ1n) is 6.54. The van der Waals surface area contributed by atoms with Crippen LogP contribution in [-0.2, 0) is 4.79 Å². The molecule has 0 aliphatic carbocycles. The molecule has 21 heavy (non-hydrogen) atoms. The predicted molar refractivity (Wildman–Crippen MR) is 82.2 cm³/mol. The normalized spacial score (nSPS) is 12.3. The van der Waals surface area contributed by atoms with E-state index in [2.05, 4.69) is 33.5 Å². The van der Waals surface area contributed by atoms with Gasteiger partial charge in [0.15, 0.2) is 5.82 Å². The number of hydrogen-bond acceptors (Lipinski definition) is 4. The highest BCUT2D eigenvalue weighted by atomic mass is 32.1. The lowest BCUT2D eigenvalue weighted by Crippen LogP contribution is -2.23. The van der Waals surface area contributed by atoms with Gasteiger partial charge in [0.25, 0.3) is 0 Å². The monoisotopic (exact) mass is 301 g/mol. The third-order valence-corrected chi connectivity index (χ3v) is 4.22. The molecule has 0 aliphatic rings. The Morgan fingerprint density at radius 2 is 2.33 bits per heavy atom. The molecule has 108 valence electrons. The number of nitrogens with one attached hydrogen (secondary N) is 2. The van der Waals surface area contributed by atoms with Gasteiger partial charge in [-0.2, -0.15) is 5.10 Å². The Balaban J connectivity index is 1.71. The van der Waals surface area contributed by atoms with Gasteiger partial charge < -0.3 is 9.88 Å². The number of thiophene rings is 1. The van der Waals surface area contributed by atoms with Crippen LogP contribution in [-0.4, -0.2) is 25.7 Å². The number of rotatable bonds is 4. The van der Waals surface area contributed by atoms with Crippen molar-refractivity contribution in [3.63, 3.8) is 0 Å². The van der Waals surface area contributed by atoms with E-state index in [0.717, 1.165) is 10.6 Å². The summed E-state index contributed by atoms with van der Waals surface area (Å²) in [4.78, 5) is 18.4. The van der Waals surface area contributed by atoms with E-state index in [4.69, 9.17) is 0 Å². The average Bonchev–Trinajstić information content (AvgIpc) is 3.17. The van der Waals surface area contributed by atoms with Gasteiger partial charge in [-0.05, 0) is 26.0 Å². The molecule has 3 aromatic rings. The van der Waals surface area contributed by atoms with Gasteiger partial charge >= 0.3 is 0 Å². The fourth-order valence-corrected chi connectivity index (χ4v) is 2.79. The highest BCUT2D eigenvalue weighted by molar-refractivity contribution is 7.15. The number of aromatic amines is 1. The number of carbonyl (C=O) groups excluding carboxylic acids is 1. The quantitative estimate of drug-likeness (QED) is 0.778. The van der Waals surface area contributed by atoms with Crippen LogP contribution in [0.4, 0.5) is 5.82 Å². The molecule has 0 aliphatic heterocycles. The Kier molecular flexibility index (Phi) is 3.57. The maximum atomic E-state index is 12.1. The second kappa shape index (κ2) is 5.53. The SMILES string of the molecule is Cc1ccc(-c2cc(NC(=O)C(C)n3ccnc3)n[nH]2)s1. The van der Waals surface area contributed by atoms with Gasteiger partial charge in [-0.3, -0.25) is 9.89 Å². The maximum absolute atomic E-state index is 12.1. The minimum Gasteiger partial charge on any atom is -0.325 e. The molecule has 0 radical (unpaired) electrons. The number of imidazole rings is 1. The van der Waals surface area contributed by atoms with Gasteiger partial charge in [0, 0.05) is 23.3 Å². The smallest absolute Gasteiger partial charge is 0.248 e. The van der Waals surface area contributed by atoms with Crippen molar-refractivity contribution in [1.82, 2.24) is 19.7 Å². The van der Waals surface area contributed by atoms with Crippen molar-refractivity contribution in [1.29, 1.82) is 0 Å². The number of H-pyrrole nitrogens is 1. The molecule has 0 saturated carbocycles. The molecule has 3 heterocycles. The van der Waals surface area contributed by atoms with Gasteiger partial charge in [0.05, 0.1) is 16.9 Å². The second-order valence-electron chi connectivity index (χ2n) is 4.75. The molecule has 0 fully saturated rings. The molecule has 0 spiro atoms. The van der Waals surface area contributed by atoms with Crippen LogP contribution >= 0.6 is 11.3 Å². The van der Waals surface area contributed by atoms with E-state index in [1.54, 1.807) is 34.6 Å². The van der Waals surface area contributed by atoms with Crippen LogP contribution in [0, 0.1) is 6.92 Å². The Labute approximate surface area is 125 Å². The summed E-state index contributed by atoms with van der Waals surface area (Å²) < 4.78 is 1.74. The molecule has 0 bridgehead atoms. The first kappa shape index (κ1) is 13.6. The van der Waals surface area contributed by atoms with Crippen LogP contribution in [0.25, 0.3) is 10.6 Å². The van der Waals surface area contributed by atoms with Gasteiger partial charge in [0.2, 0.25) is 5.91 Å². The van der Waals surface area contributed by atoms with Crippen LogP contribution in [0.15, 0.2) is 36.9 Å². The lowest BCUT2D eigenvalue weighted by Gasteiger charge is -2.11. The molecule has 6 nitrogen and oxygen atoms in total. The van der Waals surface area contributed by atoms with Gasteiger partial charge in [-0.25, -0.2) is 4.98 Å². The highest BCUT2D eigenvalue weighted by Crippen LogP contribution is 2.27. The number of hydrogen-bond donors (Lipinski definition) is 2. The second-order valence-corrected chi connectivity index (χ2v) is 6.04. The van der Waals surface area contributed by atoms with Gasteiger partial charge in [-0.15, -0.1) is 11.3 Å². The van der Waals surface area contributed by atoms with Crippen molar-refractivity contribution >= 4 is 23.1 Å². The van der Waals surface area contributed by atoms with Crippen LogP contribution in [0.5, 0.6) is 0 Å². The summed E-state index contributed by atoms with van der Waals surface area (Å²) in [5.41, 5.74) is 0.902.